The lowest BCUT2D eigenvalue weighted by Gasteiger charge is -2.09. The van der Waals surface area contributed by atoms with Gasteiger partial charge in [-0.3, -0.25) is 9.59 Å². The van der Waals surface area contributed by atoms with Gasteiger partial charge >= 0.3 is 0 Å². The maximum absolute atomic E-state index is 13.5. The first kappa shape index (κ1) is 15.1. The van der Waals surface area contributed by atoms with E-state index in [4.69, 9.17) is 5.11 Å². The summed E-state index contributed by atoms with van der Waals surface area (Å²) in [5.41, 5.74) is 0.444. The number of carbonyl (C=O) groups excluding carboxylic acids is 2. The second-order valence-corrected chi connectivity index (χ2v) is 4.10. The Morgan fingerprint density at radius 2 is 2.00 bits per heavy atom. The Morgan fingerprint density at radius 3 is 2.63 bits per heavy atom. The summed E-state index contributed by atoms with van der Waals surface area (Å²) >= 11 is 0. The number of rotatable bonds is 6. The van der Waals surface area contributed by atoms with Crippen LogP contribution in [-0.4, -0.2) is 23.5 Å². The second-order valence-electron chi connectivity index (χ2n) is 4.10. The lowest BCUT2D eigenvalue weighted by molar-refractivity contribution is -0.116. The van der Waals surface area contributed by atoms with Crippen LogP contribution in [0.3, 0.4) is 0 Å². The van der Waals surface area contributed by atoms with Gasteiger partial charge in [-0.05, 0) is 31.0 Å². The first-order valence-corrected chi connectivity index (χ1v) is 6.01. The largest absolute Gasteiger partial charge is 0.396 e. The summed E-state index contributed by atoms with van der Waals surface area (Å²) < 4.78 is 13.5. The molecule has 2 amide bonds. The lowest BCUT2D eigenvalue weighted by atomic mass is 10.2. The second kappa shape index (κ2) is 7.48. The van der Waals surface area contributed by atoms with Gasteiger partial charge in [0.15, 0.2) is 0 Å². The summed E-state index contributed by atoms with van der Waals surface area (Å²) in [6.45, 7) is 1.37. The fraction of sp³-hybridized carbons (Fsp3) is 0.385. The van der Waals surface area contributed by atoms with Crippen molar-refractivity contribution in [2.45, 2.75) is 26.2 Å². The molecular weight excluding hydrogens is 251 g/mol. The van der Waals surface area contributed by atoms with Gasteiger partial charge in [0.1, 0.15) is 5.82 Å². The molecule has 0 aliphatic carbocycles. The number of amides is 2. The average molecular weight is 268 g/mol. The predicted octanol–water partition coefficient (Wildman–Crippen LogP) is 1.89. The zero-order valence-corrected chi connectivity index (χ0v) is 10.7. The number of carbonyl (C=O) groups is 2. The highest BCUT2D eigenvalue weighted by molar-refractivity contribution is 5.93. The maximum atomic E-state index is 13.5. The number of anilines is 2. The number of hydrogen-bond donors (Lipinski definition) is 3. The van der Waals surface area contributed by atoms with Crippen molar-refractivity contribution in [2.75, 3.05) is 17.2 Å². The molecule has 1 aromatic rings. The fourth-order valence-corrected chi connectivity index (χ4v) is 1.51. The predicted molar refractivity (Wildman–Crippen MR) is 70.3 cm³/mol. The van der Waals surface area contributed by atoms with E-state index in [0.717, 1.165) is 0 Å². The monoisotopic (exact) mass is 268 g/mol. The Kier molecular flexibility index (Phi) is 5.95. The van der Waals surface area contributed by atoms with Gasteiger partial charge in [0.05, 0.1) is 5.69 Å². The molecule has 1 aromatic carbocycles. The highest BCUT2D eigenvalue weighted by Gasteiger charge is 2.08. The van der Waals surface area contributed by atoms with Crippen molar-refractivity contribution in [1.29, 1.82) is 0 Å². The van der Waals surface area contributed by atoms with E-state index in [-0.39, 0.29) is 30.5 Å². The van der Waals surface area contributed by atoms with Crippen LogP contribution in [0.15, 0.2) is 18.2 Å². The van der Waals surface area contributed by atoms with Crippen molar-refractivity contribution in [3.05, 3.63) is 24.0 Å². The molecule has 0 saturated carbocycles. The molecule has 0 aliphatic rings. The number of hydrogen-bond acceptors (Lipinski definition) is 3. The number of benzene rings is 1. The van der Waals surface area contributed by atoms with E-state index in [1.165, 1.54) is 25.1 Å². The van der Waals surface area contributed by atoms with Crippen LogP contribution in [0.25, 0.3) is 0 Å². The molecule has 0 atom stereocenters. The number of unbranched alkanes of at least 4 members (excludes halogenated alkanes) is 1. The smallest absolute Gasteiger partial charge is 0.224 e. The van der Waals surface area contributed by atoms with E-state index in [9.17, 15) is 14.0 Å². The quantitative estimate of drug-likeness (QED) is 0.689. The molecule has 0 fully saturated rings. The van der Waals surface area contributed by atoms with Crippen molar-refractivity contribution in [3.8, 4) is 0 Å². The van der Waals surface area contributed by atoms with E-state index >= 15 is 0 Å². The van der Waals surface area contributed by atoms with Crippen molar-refractivity contribution < 1.29 is 19.1 Å². The Labute approximate surface area is 110 Å². The zero-order valence-electron chi connectivity index (χ0n) is 10.7. The summed E-state index contributed by atoms with van der Waals surface area (Å²) in [4.78, 5) is 22.4. The third kappa shape index (κ3) is 5.48. The minimum absolute atomic E-state index is 0.0274. The first-order valence-electron chi connectivity index (χ1n) is 6.01. The minimum Gasteiger partial charge on any atom is -0.396 e. The van der Waals surface area contributed by atoms with Crippen molar-refractivity contribution in [1.82, 2.24) is 0 Å². The fourth-order valence-electron chi connectivity index (χ4n) is 1.51. The average Bonchev–Trinajstić information content (AvgIpc) is 2.33. The van der Waals surface area contributed by atoms with Gasteiger partial charge in [0, 0.05) is 25.6 Å². The van der Waals surface area contributed by atoms with Gasteiger partial charge in [-0.25, -0.2) is 4.39 Å². The van der Waals surface area contributed by atoms with Crippen LogP contribution in [0.1, 0.15) is 26.2 Å². The normalized spacial score (nSPS) is 10.1. The van der Waals surface area contributed by atoms with Gasteiger partial charge in [-0.1, -0.05) is 0 Å². The highest BCUT2D eigenvalue weighted by Crippen LogP contribution is 2.20. The minimum atomic E-state index is -0.565. The highest BCUT2D eigenvalue weighted by atomic mass is 19.1. The van der Waals surface area contributed by atoms with E-state index in [1.54, 1.807) is 0 Å². The van der Waals surface area contributed by atoms with Crippen LogP contribution in [0.5, 0.6) is 0 Å². The Balaban J connectivity index is 2.65. The first-order chi connectivity index (χ1) is 9.02. The Bertz CT molecular complexity index is 463. The van der Waals surface area contributed by atoms with Crippen LogP contribution < -0.4 is 10.6 Å². The maximum Gasteiger partial charge on any atom is 0.224 e. The van der Waals surface area contributed by atoms with Crippen LogP contribution in [0.2, 0.25) is 0 Å². The topological polar surface area (TPSA) is 78.4 Å². The zero-order chi connectivity index (χ0) is 14.3. The van der Waals surface area contributed by atoms with Gasteiger partial charge in [-0.15, -0.1) is 0 Å². The third-order valence-electron chi connectivity index (χ3n) is 2.37. The molecule has 0 radical (unpaired) electrons. The van der Waals surface area contributed by atoms with Gasteiger partial charge in [-0.2, -0.15) is 0 Å². The lowest BCUT2D eigenvalue weighted by Crippen LogP contribution is -2.13. The van der Waals surface area contributed by atoms with Gasteiger partial charge < -0.3 is 15.7 Å². The molecule has 5 nitrogen and oxygen atoms in total. The molecule has 19 heavy (non-hydrogen) atoms. The SMILES string of the molecule is CC(=O)Nc1ccc(F)c(NC(=O)CCCCO)c1. The number of aliphatic hydroxyl groups excluding tert-OH is 1. The Hall–Kier alpha value is -1.95. The molecule has 104 valence electrons. The van der Waals surface area contributed by atoms with Crippen molar-refractivity contribution in [3.63, 3.8) is 0 Å². The molecule has 0 heterocycles. The molecule has 6 heteroatoms. The summed E-state index contributed by atoms with van der Waals surface area (Å²) in [6, 6.07) is 3.95. The molecule has 0 spiro atoms. The van der Waals surface area contributed by atoms with E-state index in [0.29, 0.717) is 18.5 Å². The number of halogens is 1. The van der Waals surface area contributed by atoms with Crippen LogP contribution >= 0.6 is 0 Å². The third-order valence-corrected chi connectivity index (χ3v) is 2.37. The van der Waals surface area contributed by atoms with Crippen molar-refractivity contribution in [2.24, 2.45) is 0 Å². The standard InChI is InChI=1S/C13H17FN2O3/c1-9(18)15-10-5-6-11(14)12(8-10)16-13(19)4-2-3-7-17/h5-6,8,17H,2-4,7H2,1H3,(H,15,18)(H,16,19). The summed E-state index contributed by atoms with van der Waals surface area (Å²) in [5, 5.41) is 13.5. The van der Waals surface area contributed by atoms with Crippen LogP contribution in [0.4, 0.5) is 15.8 Å². The van der Waals surface area contributed by atoms with Crippen LogP contribution in [-0.2, 0) is 9.59 Å². The van der Waals surface area contributed by atoms with Crippen molar-refractivity contribution >= 4 is 23.2 Å². The molecule has 3 N–H and O–H groups in total. The van der Waals surface area contributed by atoms with E-state index in [1.807, 2.05) is 0 Å². The van der Waals surface area contributed by atoms with Crippen LogP contribution in [0, 0.1) is 5.82 Å². The molecule has 0 unspecified atom stereocenters. The number of nitrogens with one attached hydrogen (secondary N) is 2. The molecule has 1 rings (SSSR count). The summed E-state index contributed by atoms with van der Waals surface area (Å²) in [5.74, 6) is -1.16. The molecule has 0 aliphatic heterocycles. The van der Waals surface area contributed by atoms with E-state index in [2.05, 4.69) is 10.6 Å². The molecular formula is C13H17FN2O3. The summed E-state index contributed by atoms with van der Waals surface area (Å²) in [7, 11) is 0. The van der Waals surface area contributed by atoms with Gasteiger partial charge in [0.25, 0.3) is 0 Å². The number of aliphatic hydroxyl groups is 1. The van der Waals surface area contributed by atoms with E-state index < -0.39 is 5.82 Å². The molecule has 0 bridgehead atoms. The summed E-state index contributed by atoms with van der Waals surface area (Å²) in [6.07, 6.45) is 1.28. The molecule has 0 saturated heterocycles. The Morgan fingerprint density at radius 1 is 1.26 bits per heavy atom. The molecule has 0 aromatic heterocycles. The van der Waals surface area contributed by atoms with Gasteiger partial charge in [0.2, 0.25) is 11.8 Å².